The van der Waals surface area contributed by atoms with Crippen molar-refractivity contribution in [2.24, 2.45) is 20.0 Å². The zero-order chi connectivity index (χ0) is 26.5. The number of aromatic nitrogens is 5. The SMILES string of the molecule is COc1nc2ccc(C(O)(c3cnc(C)n3C)c3cnc(C)n3C)cc2c(Cl)c1CN1CCC(C)CC1. The maximum Gasteiger partial charge on any atom is 0.219 e. The van der Waals surface area contributed by atoms with Crippen molar-refractivity contribution in [1.82, 2.24) is 29.0 Å². The Kier molecular flexibility index (Phi) is 6.77. The van der Waals surface area contributed by atoms with Crippen LogP contribution < -0.4 is 4.74 Å². The van der Waals surface area contributed by atoms with Crippen LogP contribution in [0, 0.1) is 19.8 Å². The molecule has 0 amide bonds. The van der Waals surface area contributed by atoms with Crippen LogP contribution >= 0.6 is 11.6 Å². The highest BCUT2D eigenvalue weighted by Gasteiger charge is 2.40. The van der Waals surface area contributed by atoms with Gasteiger partial charge in [-0.15, -0.1) is 0 Å². The summed E-state index contributed by atoms with van der Waals surface area (Å²) in [5.74, 6) is 2.89. The van der Waals surface area contributed by atoms with Gasteiger partial charge < -0.3 is 19.0 Å². The number of hydrogen-bond donors (Lipinski definition) is 1. The van der Waals surface area contributed by atoms with E-state index in [9.17, 15) is 5.11 Å². The smallest absolute Gasteiger partial charge is 0.219 e. The number of benzene rings is 1. The average molecular weight is 523 g/mol. The molecule has 8 nitrogen and oxygen atoms in total. The first kappa shape index (κ1) is 25.7. The molecule has 0 radical (unpaired) electrons. The number of nitrogens with zero attached hydrogens (tertiary/aromatic N) is 6. The van der Waals surface area contributed by atoms with Gasteiger partial charge in [0.1, 0.15) is 11.6 Å². The lowest BCUT2D eigenvalue weighted by Gasteiger charge is -2.31. The van der Waals surface area contributed by atoms with Gasteiger partial charge in [-0.1, -0.05) is 24.6 Å². The van der Waals surface area contributed by atoms with Gasteiger partial charge >= 0.3 is 0 Å². The summed E-state index contributed by atoms with van der Waals surface area (Å²) in [5, 5.41) is 13.9. The highest BCUT2D eigenvalue weighted by Crippen LogP contribution is 2.41. The van der Waals surface area contributed by atoms with Gasteiger partial charge in [-0.2, -0.15) is 0 Å². The molecule has 1 N–H and O–H groups in total. The van der Waals surface area contributed by atoms with Crippen LogP contribution in [0.4, 0.5) is 0 Å². The van der Waals surface area contributed by atoms with Gasteiger partial charge in [-0.25, -0.2) is 15.0 Å². The van der Waals surface area contributed by atoms with E-state index in [1.807, 2.05) is 55.3 Å². The fraction of sp³-hybridized carbons (Fsp3) is 0.464. The number of piperidine rings is 1. The number of likely N-dealkylation sites (tertiary alicyclic amines) is 1. The topological polar surface area (TPSA) is 81.2 Å². The van der Waals surface area contributed by atoms with Crippen molar-refractivity contribution in [2.45, 2.75) is 45.8 Å². The largest absolute Gasteiger partial charge is 0.481 e. The second-order valence-electron chi connectivity index (χ2n) is 10.3. The molecule has 1 aliphatic heterocycles. The lowest BCUT2D eigenvalue weighted by Crippen LogP contribution is -2.33. The lowest BCUT2D eigenvalue weighted by atomic mass is 9.86. The Balaban J connectivity index is 1.68. The third kappa shape index (κ3) is 4.31. The Labute approximate surface area is 222 Å². The molecule has 0 saturated carbocycles. The van der Waals surface area contributed by atoms with Crippen molar-refractivity contribution >= 4 is 22.5 Å². The number of aliphatic hydroxyl groups is 1. The van der Waals surface area contributed by atoms with E-state index in [4.69, 9.17) is 21.3 Å². The fourth-order valence-corrected chi connectivity index (χ4v) is 5.61. The van der Waals surface area contributed by atoms with Crippen molar-refractivity contribution in [2.75, 3.05) is 20.2 Å². The Bertz CT molecular complexity index is 1400. The second kappa shape index (κ2) is 9.74. The summed E-state index contributed by atoms with van der Waals surface area (Å²) in [6, 6.07) is 5.72. The molecular formula is C28H35ClN6O2. The van der Waals surface area contributed by atoms with E-state index in [0.717, 1.165) is 41.6 Å². The number of fused-ring (bicyclic) bond motifs is 1. The highest BCUT2D eigenvalue weighted by atomic mass is 35.5. The molecule has 196 valence electrons. The van der Waals surface area contributed by atoms with Gasteiger partial charge in [-0.05, 0) is 63.4 Å². The predicted molar refractivity (Wildman–Crippen MR) is 145 cm³/mol. The van der Waals surface area contributed by atoms with Gasteiger partial charge in [0.05, 0.1) is 41.4 Å². The summed E-state index contributed by atoms with van der Waals surface area (Å²) in [5.41, 5.74) is 2.04. The Morgan fingerprint density at radius 1 is 1.05 bits per heavy atom. The number of halogens is 1. The van der Waals surface area contributed by atoms with Gasteiger partial charge in [0.2, 0.25) is 5.88 Å². The minimum Gasteiger partial charge on any atom is -0.481 e. The molecule has 9 heteroatoms. The van der Waals surface area contributed by atoms with Crippen LogP contribution in [-0.2, 0) is 26.2 Å². The molecule has 0 unspecified atom stereocenters. The molecule has 1 aromatic carbocycles. The average Bonchev–Trinajstić information content (AvgIpc) is 3.42. The lowest BCUT2D eigenvalue weighted by molar-refractivity contribution is 0.109. The summed E-state index contributed by atoms with van der Waals surface area (Å²) in [7, 11) is 5.45. The van der Waals surface area contributed by atoms with Gasteiger partial charge in [0.25, 0.3) is 0 Å². The number of aryl methyl sites for hydroxylation is 2. The van der Waals surface area contributed by atoms with Crippen molar-refractivity contribution in [3.05, 3.63) is 69.8 Å². The number of hydrogen-bond acceptors (Lipinski definition) is 6. The van der Waals surface area contributed by atoms with E-state index in [1.54, 1.807) is 19.5 Å². The van der Waals surface area contributed by atoms with E-state index in [-0.39, 0.29) is 0 Å². The first-order chi connectivity index (χ1) is 17.6. The molecule has 3 aromatic heterocycles. The first-order valence-corrected chi connectivity index (χ1v) is 13.1. The summed E-state index contributed by atoms with van der Waals surface area (Å²) in [6.07, 6.45) is 5.79. The molecule has 37 heavy (non-hydrogen) atoms. The van der Waals surface area contributed by atoms with Crippen LogP contribution in [0.3, 0.4) is 0 Å². The maximum absolute atomic E-state index is 12.5. The van der Waals surface area contributed by atoms with Crippen molar-refractivity contribution < 1.29 is 9.84 Å². The number of imidazole rings is 2. The summed E-state index contributed by atoms with van der Waals surface area (Å²) >= 11 is 7.09. The summed E-state index contributed by atoms with van der Waals surface area (Å²) in [6.45, 7) is 8.86. The predicted octanol–water partition coefficient (Wildman–Crippen LogP) is 4.50. The molecule has 0 spiro atoms. The zero-order valence-electron chi connectivity index (χ0n) is 22.4. The molecule has 0 atom stereocenters. The minimum atomic E-state index is -1.51. The third-order valence-electron chi connectivity index (χ3n) is 8.03. The van der Waals surface area contributed by atoms with Crippen molar-refractivity contribution in [3.8, 4) is 5.88 Å². The molecule has 0 aliphatic carbocycles. The molecule has 5 rings (SSSR count). The number of rotatable bonds is 6. The van der Waals surface area contributed by atoms with Crippen LogP contribution in [0.2, 0.25) is 5.02 Å². The van der Waals surface area contributed by atoms with Crippen LogP contribution in [-0.4, -0.2) is 54.3 Å². The standard InChI is InChI=1S/C28H35ClN6O2/c1-17-9-11-35(12-10-17)16-22-26(29)21-13-20(7-8-23(21)32-27(22)37-6)28(36,24-14-30-18(2)33(24)4)25-15-31-19(3)34(25)5/h7-8,13-15,17,36H,9-12,16H2,1-6H3. The monoisotopic (exact) mass is 522 g/mol. The minimum absolute atomic E-state index is 0.545. The highest BCUT2D eigenvalue weighted by molar-refractivity contribution is 6.36. The summed E-state index contributed by atoms with van der Waals surface area (Å²) in [4.78, 5) is 16.1. The summed E-state index contributed by atoms with van der Waals surface area (Å²) < 4.78 is 9.49. The molecule has 1 saturated heterocycles. The zero-order valence-corrected chi connectivity index (χ0v) is 23.2. The molecular weight excluding hydrogens is 488 g/mol. The maximum atomic E-state index is 12.5. The molecule has 1 fully saturated rings. The van der Waals surface area contributed by atoms with Crippen molar-refractivity contribution in [3.63, 3.8) is 0 Å². The van der Waals surface area contributed by atoms with Crippen LogP contribution in [0.15, 0.2) is 30.6 Å². The number of pyridine rings is 1. The molecule has 4 aromatic rings. The van der Waals surface area contributed by atoms with Crippen LogP contribution in [0.1, 0.15) is 53.9 Å². The van der Waals surface area contributed by atoms with Gasteiger partial charge in [-0.3, -0.25) is 4.90 Å². The number of methoxy groups -OCH3 is 1. The fourth-order valence-electron chi connectivity index (χ4n) is 5.32. The quantitative estimate of drug-likeness (QED) is 0.401. The molecule has 0 bridgehead atoms. The molecule has 4 heterocycles. The van der Waals surface area contributed by atoms with Crippen LogP contribution in [0.5, 0.6) is 5.88 Å². The van der Waals surface area contributed by atoms with Crippen LogP contribution in [0.25, 0.3) is 10.9 Å². The Morgan fingerprint density at radius 3 is 2.16 bits per heavy atom. The Morgan fingerprint density at radius 2 is 1.65 bits per heavy atom. The van der Waals surface area contributed by atoms with E-state index in [2.05, 4.69) is 21.8 Å². The van der Waals surface area contributed by atoms with E-state index in [1.165, 1.54) is 12.8 Å². The third-order valence-corrected chi connectivity index (χ3v) is 8.46. The second-order valence-corrected chi connectivity index (χ2v) is 10.7. The van der Waals surface area contributed by atoms with Gasteiger partial charge in [0, 0.05) is 31.6 Å². The Hall–Kier alpha value is -2.94. The van der Waals surface area contributed by atoms with E-state index in [0.29, 0.717) is 39.9 Å². The van der Waals surface area contributed by atoms with E-state index < -0.39 is 5.60 Å². The number of ether oxygens (including phenoxy) is 1. The molecule has 1 aliphatic rings. The normalized spacial score (nSPS) is 15.6. The van der Waals surface area contributed by atoms with Gasteiger partial charge in [0.15, 0.2) is 5.60 Å². The first-order valence-electron chi connectivity index (χ1n) is 12.7. The van der Waals surface area contributed by atoms with Crippen molar-refractivity contribution in [1.29, 1.82) is 0 Å². The van der Waals surface area contributed by atoms with E-state index >= 15 is 0 Å².